The average Bonchev–Trinajstić information content (AvgIpc) is 3.88. The molecular weight excluding hydrogens is 690 g/mol. The minimum absolute atomic E-state index is 0.0396. The number of aromatic amines is 2. The number of likely N-dealkylation sites (tertiary alicyclic amines) is 1. The smallest absolute Gasteiger partial charge is 0.326 e. The average molecular weight is 732 g/mol. The van der Waals surface area contributed by atoms with Crippen molar-refractivity contribution in [1.82, 2.24) is 30.8 Å². The third-order valence-corrected chi connectivity index (χ3v) is 9.28. The van der Waals surface area contributed by atoms with E-state index in [2.05, 4.69) is 25.9 Å². The first-order chi connectivity index (χ1) is 25.3. The second-order valence-electron chi connectivity index (χ2n) is 13.0. The van der Waals surface area contributed by atoms with Crippen LogP contribution in [0.2, 0.25) is 0 Å². The van der Waals surface area contributed by atoms with Crippen molar-refractivity contribution in [3.63, 3.8) is 0 Å². The van der Waals surface area contributed by atoms with Gasteiger partial charge in [-0.3, -0.25) is 28.8 Å². The number of rotatable bonds is 17. The molecule has 4 aromatic rings. The molecule has 2 aromatic carbocycles. The minimum Gasteiger partial charge on any atom is -0.481 e. The maximum absolute atomic E-state index is 14.4. The Hall–Kier alpha value is -6.23. The molecule has 4 amide bonds. The fourth-order valence-corrected chi connectivity index (χ4v) is 6.58. The number of hydrogen-bond donors (Lipinski definition) is 9. The third-order valence-electron chi connectivity index (χ3n) is 9.28. The maximum atomic E-state index is 14.4. The van der Waals surface area contributed by atoms with Crippen LogP contribution in [0.5, 0.6) is 0 Å². The Morgan fingerprint density at radius 3 is 1.89 bits per heavy atom. The number of benzene rings is 2. The van der Waals surface area contributed by atoms with E-state index in [1.165, 1.54) is 4.90 Å². The van der Waals surface area contributed by atoms with Crippen molar-refractivity contribution < 1.29 is 48.9 Å². The van der Waals surface area contributed by atoms with Gasteiger partial charge < -0.3 is 51.9 Å². The van der Waals surface area contributed by atoms with Crippen LogP contribution in [0, 0.1) is 0 Å². The molecule has 2 aromatic heterocycles. The third kappa shape index (κ3) is 9.36. The molecule has 17 nitrogen and oxygen atoms in total. The zero-order valence-electron chi connectivity index (χ0n) is 28.5. The molecule has 1 fully saturated rings. The van der Waals surface area contributed by atoms with E-state index in [9.17, 15) is 43.8 Å². The number of fused-ring (bicyclic) bond motifs is 2. The largest absolute Gasteiger partial charge is 0.481 e. The first-order valence-electron chi connectivity index (χ1n) is 17.1. The summed E-state index contributed by atoms with van der Waals surface area (Å²) in [5.74, 6) is -7.05. The maximum Gasteiger partial charge on any atom is 0.326 e. The summed E-state index contributed by atoms with van der Waals surface area (Å²) in [6.07, 6.45) is 2.31. The van der Waals surface area contributed by atoms with Crippen molar-refractivity contribution in [2.75, 3.05) is 6.54 Å². The van der Waals surface area contributed by atoms with E-state index in [4.69, 9.17) is 10.8 Å². The van der Waals surface area contributed by atoms with E-state index in [-0.39, 0.29) is 32.2 Å². The molecule has 0 radical (unpaired) electrons. The summed E-state index contributed by atoms with van der Waals surface area (Å²) in [7, 11) is 0. The van der Waals surface area contributed by atoms with Gasteiger partial charge in [0.25, 0.3) is 0 Å². The monoisotopic (exact) mass is 731 g/mol. The number of nitrogens with two attached hydrogens (primary N) is 1. The van der Waals surface area contributed by atoms with Gasteiger partial charge in [0.15, 0.2) is 0 Å². The van der Waals surface area contributed by atoms with Gasteiger partial charge in [0.2, 0.25) is 23.6 Å². The normalized spacial score (nSPS) is 16.4. The number of carbonyl (C=O) groups excluding carboxylic acids is 4. The Morgan fingerprint density at radius 1 is 0.755 bits per heavy atom. The molecule has 280 valence electrons. The van der Waals surface area contributed by atoms with Gasteiger partial charge in [-0.2, -0.15) is 0 Å². The Labute approximate surface area is 302 Å². The molecule has 1 aliphatic rings. The highest BCUT2D eigenvalue weighted by Gasteiger charge is 2.40. The molecule has 53 heavy (non-hydrogen) atoms. The van der Waals surface area contributed by atoms with Crippen LogP contribution in [-0.4, -0.2) is 108 Å². The van der Waals surface area contributed by atoms with Crippen LogP contribution in [-0.2, 0) is 46.4 Å². The highest BCUT2D eigenvalue weighted by atomic mass is 16.4. The summed E-state index contributed by atoms with van der Waals surface area (Å²) in [5.41, 5.74) is 8.70. The summed E-state index contributed by atoms with van der Waals surface area (Å²) in [6, 6.07) is 7.93. The van der Waals surface area contributed by atoms with Gasteiger partial charge in [-0.1, -0.05) is 36.4 Å². The van der Waals surface area contributed by atoms with Crippen LogP contribution in [0.3, 0.4) is 0 Å². The predicted octanol–water partition coefficient (Wildman–Crippen LogP) is 0.631. The van der Waals surface area contributed by atoms with Gasteiger partial charge >= 0.3 is 17.9 Å². The van der Waals surface area contributed by atoms with Crippen molar-refractivity contribution in [2.45, 2.75) is 75.2 Å². The SMILES string of the molecule is N[C@@H](CC(=O)O)C(=O)N[C@@H](Cc1c[nH]c2ccccc12)C(=O)N[C@@H](Cc1c[nH]c2ccccc12)C(=O)N1CCC[C@H]1C(=O)N[C@@H](CCC(=O)O)C(=O)O. The van der Waals surface area contributed by atoms with E-state index < -0.39 is 84.6 Å². The first-order valence-corrected chi connectivity index (χ1v) is 17.1. The summed E-state index contributed by atoms with van der Waals surface area (Å²) >= 11 is 0. The summed E-state index contributed by atoms with van der Waals surface area (Å²) in [4.78, 5) is 96.8. The number of nitrogens with zero attached hydrogens (tertiary/aromatic N) is 1. The molecule has 5 rings (SSSR count). The molecule has 5 atom stereocenters. The van der Waals surface area contributed by atoms with Gasteiger partial charge in [0.05, 0.1) is 12.5 Å². The molecule has 10 N–H and O–H groups in total. The molecule has 1 aliphatic heterocycles. The highest BCUT2D eigenvalue weighted by molar-refractivity contribution is 5.97. The fraction of sp³-hybridized carbons (Fsp3) is 0.361. The number of nitrogens with one attached hydrogen (secondary N) is 5. The quantitative estimate of drug-likeness (QED) is 0.0726. The number of carboxylic acid groups (broad SMARTS) is 3. The number of aromatic nitrogens is 2. The van der Waals surface area contributed by atoms with Crippen LogP contribution in [0.4, 0.5) is 0 Å². The number of aliphatic carboxylic acids is 3. The number of H-pyrrole nitrogens is 2. The molecule has 0 bridgehead atoms. The highest BCUT2D eigenvalue weighted by Crippen LogP contribution is 2.24. The lowest BCUT2D eigenvalue weighted by Gasteiger charge is -2.30. The number of amides is 4. The van der Waals surface area contributed by atoms with Crippen LogP contribution in [0.1, 0.15) is 43.2 Å². The van der Waals surface area contributed by atoms with Crippen molar-refractivity contribution in [1.29, 1.82) is 0 Å². The van der Waals surface area contributed by atoms with Crippen LogP contribution >= 0.6 is 0 Å². The summed E-state index contributed by atoms with van der Waals surface area (Å²) < 4.78 is 0. The van der Waals surface area contributed by atoms with Crippen LogP contribution in [0.15, 0.2) is 60.9 Å². The van der Waals surface area contributed by atoms with Crippen molar-refractivity contribution in [3.8, 4) is 0 Å². The molecule has 0 unspecified atom stereocenters. The number of carbonyl (C=O) groups is 7. The molecule has 1 saturated heterocycles. The number of para-hydroxylation sites is 2. The van der Waals surface area contributed by atoms with Crippen molar-refractivity contribution >= 4 is 63.3 Å². The lowest BCUT2D eigenvalue weighted by Crippen LogP contribution is -2.59. The van der Waals surface area contributed by atoms with Gasteiger partial charge in [0, 0.05) is 60.0 Å². The van der Waals surface area contributed by atoms with Gasteiger partial charge in [-0.15, -0.1) is 0 Å². The molecular formula is C36H41N7O10. The lowest BCUT2D eigenvalue weighted by molar-refractivity contribution is -0.145. The van der Waals surface area contributed by atoms with Gasteiger partial charge in [-0.25, -0.2) is 4.79 Å². The predicted molar refractivity (Wildman–Crippen MR) is 189 cm³/mol. The van der Waals surface area contributed by atoms with E-state index in [0.717, 1.165) is 21.8 Å². The number of hydrogen-bond acceptors (Lipinski definition) is 8. The minimum atomic E-state index is -1.50. The zero-order chi connectivity index (χ0) is 38.2. The molecule has 3 heterocycles. The first kappa shape index (κ1) is 38.0. The summed E-state index contributed by atoms with van der Waals surface area (Å²) in [6.45, 7) is 0.115. The van der Waals surface area contributed by atoms with E-state index >= 15 is 0 Å². The fourth-order valence-electron chi connectivity index (χ4n) is 6.58. The Morgan fingerprint density at radius 2 is 1.32 bits per heavy atom. The molecule has 17 heteroatoms. The molecule has 0 aliphatic carbocycles. The van der Waals surface area contributed by atoms with Crippen LogP contribution < -0.4 is 21.7 Å². The Kier molecular flexibility index (Phi) is 12.1. The summed E-state index contributed by atoms with van der Waals surface area (Å²) in [5, 5.41) is 37.1. The van der Waals surface area contributed by atoms with E-state index in [1.807, 2.05) is 42.5 Å². The standard InChI is InChI=1S/C36H41N7O10/c37-23(16-31(46)47)32(48)41-27(14-19-17-38-24-8-3-1-6-21(19)24)33(49)42-28(15-20-18-39-25-9-4-2-7-22(20)25)35(51)43-13-5-10-29(43)34(50)40-26(36(52)53)11-12-30(44)45/h1-4,6-9,17-18,23,26-29,38-39H,5,10-16,37H2,(H,40,50)(H,41,48)(H,42,49)(H,44,45)(H,46,47)(H,52,53)/t23-,26-,27-,28-,29-/m0/s1. The van der Waals surface area contributed by atoms with Crippen molar-refractivity contribution in [2.24, 2.45) is 5.73 Å². The van der Waals surface area contributed by atoms with Gasteiger partial charge in [0.1, 0.15) is 24.2 Å². The van der Waals surface area contributed by atoms with Crippen molar-refractivity contribution in [3.05, 3.63) is 72.1 Å². The van der Waals surface area contributed by atoms with E-state index in [1.54, 1.807) is 18.5 Å². The molecule has 0 spiro atoms. The topological polar surface area (TPSA) is 277 Å². The van der Waals surface area contributed by atoms with Gasteiger partial charge in [-0.05, 0) is 42.5 Å². The second-order valence-corrected chi connectivity index (χ2v) is 13.0. The van der Waals surface area contributed by atoms with Crippen LogP contribution in [0.25, 0.3) is 21.8 Å². The zero-order valence-corrected chi connectivity index (χ0v) is 28.5. The Bertz CT molecular complexity index is 2020. The second kappa shape index (κ2) is 16.9. The van der Waals surface area contributed by atoms with E-state index in [0.29, 0.717) is 17.5 Å². The lowest BCUT2D eigenvalue weighted by atomic mass is 10.0. The Balaban J connectivity index is 1.44. The molecule has 0 saturated carbocycles. The number of carboxylic acids is 3.